The number of hydrogen-bond donors (Lipinski definition) is 0. The summed E-state index contributed by atoms with van der Waals surface area (Å²) in [6.07, 6.45) is 10.0. The summed E-state index contributed by atoms with van der Waals surface area (Å²) >= 11 is 0. The molecule has 6 rings (SSSR count). The molecule has 1 aliphatic heterocycles. The van der Waals surface area contributed by atoms with Crippen LogP contribution in [0.5, 0.6) is 5.75 Å². The second-order valence-corrected chi connectivity index (χ2v) is 8.51. The molecule has 0 amide bonds. The van der Waals surface area contributed by atoms with E-state index in [1.54, 1.807) is 6.07 Å². The molecule has 0 unspecified atom stereocenters. The summed E-state index contributed by atoms with van der Waals surface area (Å²) in [6, 6.07) is 5.60. The molecule has 0 spiro atoms. The summed E-state index contributed by atoms with van der Waals surface area (Å²) in [5.74, 6) is 2.79. The highest BCUT2D eigenvalue weighted by molar-refractivity contribution is 5.50. The SMILES string of the molecule is Fc1cc(N2CCCC2)ccc1OC12CC3CC(CC(C3)C1)C2. The minimum atomic E-state index is -0.176. The van der Waals surface area contributed by atoms with Crippen molar-refractivity contribution in [2.75, 3.05) is 18.0 Å². The fraction of sp³-hybridized carbons (Fsp3) is 0.700. The Hall–Kier alpha value is -1.25. The van der Waals surface area contributed by atoms with Gasteiger partial charge in [-0.25, -0.2) is 4.39 Å². The van der Waals surface area contributed by atoms with Gasteiger partial charge in [0.25, 0.3) is 0 Å². The van der Waals surface area contributed by atoms with Crippen molar-refractivity contribution in [1.82, 2.24) is 0 Å². The van der Waals surface area contributed by atoms with Crippen LogP contribution in [0, 0.1) is 23.6 Å². The molecule has 4 aliphatic carbocycles. The van der Waals surface area contributed by atoms with E-state index in [2.05, 4.69) is 4.90 Å². The summed E-state index contributed by atoms with van der Waals surface area (Å²) in [7, 11) is 0. The predicted octanol–water partition coefficient (Wildman–Crippen LogP) is 4.77. The van der Waals surface area contributed by atoms with Gasteiger partial charge >= 0.3 is 0 Å². The fourth-order valence-corrected chi connectivity index (χ4v) is 6.13. The summed E-state index contributed by atoms with van der Waals surface area (Å²) in [5, 5.41) is 0. The van der Waals surface area contributed by atoms with Crippen LogP contribution in [-0.2, 0) is 0 Å². The number of ether oxygens (including phenoxy) is 1. The van der Waals surface area contributed by atoms with E-state index in [0.717, 1.165) is 55.8 Å². The van der Waals surface area contributed by atoms with Crippen LogP contribution < -0.4 is 9.64 Å². The lowest BCUT2D eigenvalue weighted by Gasteiger charge is -2.56. The molecular weight excluding hydrogens is 289 g/mol. The Kier molecular flexibility index (Phi) is 3.15. The van der Waals surface area contributed by atoms with E-state index >= 15 is 0 Å². The zero-order chi connectivity index (χ0) is 15.4. The van der Waals surface area contributed by atoms with Crippen LogP contribution >= 0.6 is 0 Å². The number of benzene rings is 1. The molecule has 0 N–H and O–H groups in total. The minimum Gasteiger partial charge on any atom is -0.484 e. The molecule has 0 aromatic heterocycles. The van der Waals surface area contributed by atoms with Crippen molar-refractivity contribution >= 4 is 5.69 Å². The van der Waals surface area contributed by atoms with Gasteiger partial charge in [-0.3, -0.25) is 0 Å². The first-order valence-corrected chi connectivity index (χ1v) is 9.43. The lowest BCUT2D eigenvalue weighted by molar-refractivity contribution is -0.109. The molecule has 1 saturated heterocycles. The number of anilines is 1. The average Bonchev–Trinajstić information content (AvgIpc) is 3.02. The topological polar surface area (TPSA) is 12.5 Å². The van der Waals surface area contributed by atoms with Crippen LogP contribution in [0.3, 0.4) is 0 Å². The van der Waals surface area contributed by atoms with E-state index in [-0.39, 0.29) is 11.4 Å². The molecule has 23 heavy (non-hydrogen) atoms. The fourth-order valence-electron chi connectivity index (χ4n) is 6.13. The largest absolute Gasteiger partial charge is 0.484 e. The van der Waals surface area contributed by atoms with Crippen molar-refractivity contribution in [2.45, 2.75) is 57.0 Å². The molecule has 0 atom stereocenters. The summed E-state index contributed by atoms with van der Waals surface area (Å²) in [4.78, 5) is 2.28. The molecule has 1 aromatic rings. The molecule has 4 bridgehead atoms. The number of rotatable bonds is 3. The van der Waals surface area contributed by atoms with Gasteiger partial charge in [0.2, 0.25) is 0 Å². The van der Waals surface area contributed by atoms with Crippen molar-refractivity contribution in [3.8, 4) is 5.75 Å². The van der Waals surface area contributed by atoms with Crippen LogP contribution in [0.2, 0.25) is 0 Å². The van der Waals surface area contributed by atoms with Gasteiger partial charge in [0.05, 0.1) is 0 Å². The Morgan fingerprint density at radius 1 is 0.957 bits per heavy atom. The Morgan fingerprint density at radius 2 is 1.57 bits per heavy atom. The van der Waals surface area contributed by atoms with Gasteiger partial charge in [0.1, 0.15) is 5.60 Å². The number of halogens is 1. The highest BCUT2D eigenvalue weighted by Gasteiger charge is 2.52. The first-order chi connectivity index (χ1) is 11.2. The monoisotopic (exact) mass is 315 g/mol. The van der Waals surface area contributed by atoms with E-state index < -0.39 is 0 Å². The van der Waals surface area contributed by atoms with Crippen molar-refractivity contribution in [1.29, 1.82) is 0 Å². The molecule has 5 aliphatic rings. The number of nitrogens with zero attached hydrogens (tertiary/aromatic N) is 1. The van der Waals surface area contributed by atoms with E-state index in [1.807, 2.05) is 12.1 Å². The molecule has 1 heterocycles. The van der Waals surface area contributed by atoms with Gasteiger partial charge in [0.15, 0.2) is 11.6 Å². The van der Waals surface area contributed by atoms with E-state index in [1.165, 1.54) is 32.1 Å². The van der Waals surface area contributed by atoms with E-state index in [9.17, 15) is 4.39 Å². The lowest BCUT2D eigenvalue weighted by atomic mass is 9.54. The van der Waals surface area contributed by atoms with Crippen LogP contribution in [0.1, 0.15) is 51.4 Å². The first kappa shape index (κ1) is 14.1. The summed E-state index contributed by atoms with van der Waals surface area (Å²) in [5.41, 5.74) is 0.947. The smallest absolute Gasteiger partial charge is 0.167 e. The quantitative estimate of drug-likeness (QED) is 0.796. The Bertz CT molecular complexity index is 572. The van der Waals surface area contributed by atoms with Crippen molar-refractivity contribution in [3.05, 3.63) is 24.0 Å². The minimum absolute atomic E-state index is 0.0647. The Labute approximate surface area is 138 Å². The van der Waals surface area contributed by atoms with Crippen molar-refractivity contribution < 1.29 is 9.13 Å². The maximum absolute atomic E-state index is 14.6. The number of hydrogen-bond acceptors (Lipinski definition) is 2. The van der Waals surface area contributed by atoms with Gasteiger partial charge in [0, 0.05) is 24.8 Å². The van der Waals surface area contributed by atoms with Gasteiger partial charge in [-0.2, -0.15) is 0 Å². The maximum atomic E-state index is 14.6. The highest BCUT2D eigenvalue weighted by Crippen LogP contribution is 2.57. The molecule has 124 valence electrons. The molecule has 2 nitrogen and oxygen atoms in total. The Balaban J connectivity index is 1.38. The normalized spacial score (nSPS) is 38.3. The molecule has 5 fully saturated rings. The second kappa shape index (κ2) is 5.12. The third-order valence-electron chi connectivity index (χ3n) is 6.70. The molecule has 0 radical (unpaired) electrons. The zero-order valence-electron chi connectivity index (χ0n) is 13.8. The average molecular weight is 315 g/mol. The highest BCUT2D eigenvalue weighted by atomic mass is 19.1. The molecular formula is C20H26FNO. The standard InChI is InChI=1S/C20H26FNO/c21-18-10-17(22-5-1-2-6-22)3-4-19(18)23-20-11-14-7-15(12-20)9-16(8-14)13-20/h3-4,10,14-16H,1-2,5-9,11-13H2. The van der Waals surface area contributed by atoms with Gasteiger partial charge in [-0.15, -0.1) is 0 Å². The second-order valence-electron chi connectivity index (χ2n) is 8.51. The summed E-state index contributed by atoms with van der Waals surface area (Å²) in [6.45, 7) is 2.10. The van der Waals surface area contributed by atoms with Crippen LogP contribution in [0.25, 0.3) is 0 Å². The van der Waals surface area contributed by atoms with Gasteiger partial charge in [-0.05, 0) is 81.3 Å². The lowest BCUT2D eigenvalue weighted by Crippen LogP contribution is -2.53. The third kappa shape index (κ3) is 2.43. The van der Waals surface area contributed by atoms with E-state index in [0.29, 0.717) is 5.75 Å². The molecule has 1 aromatic carbocycles. The van der Waals surface area contributed by atoms with Gasteiger partial charge < -0.3 is 9.64 Å². The Morgan fingerprint density at radius 3 is 2.13 bits per heavy atom. The third-order valence-corrected chi connectivity index (χ3v) is 6.70. The summed E-state index contributed by atoms with van der Waals surface area (Å²) < 4.78 is 21.0. The van der Waals surface area contributed by atoms with E-state index in [4.69, 9.17) is 4.74 Å². The van der Waals surface area contributed by atoms with Crippen molar-refractivity contribution in [3.63, 3.8) is 0 Å². The van der Waals surface area contributed by atoms with Crippen molar-refractivity contribution in [2.24, 2.45) is 17.8 Å². The molecule has 4 saturated carbocycles. The zero-order valence-corrected chi connectivity index (χ0v) is 13.8. The first-order valence-electron chi connectivity index (χ1n) is 9.43. The van der Waals surface area contributed by atoms with Crippen LogP contribution in [0.4, 0.5) is 10.1 Å². The van der Waals surface area contributed by atoms with Crippen LogP contribution in [0.15, 0.2) is 18.2 Å². The predicted molar refractivity (Wildman–Crippen MR) is 89.4 cm³/mol. The maximum Gasteiger partial charge on any atom is 0.167 e. The molecule has 3 heteroatoms. The van der Waals surface area contributed by atoms with Crippen LogP contribution in [-0.4, -0.2) is 18.7 Å². The van der Waals surface area contributed by atoms with Gasteiger partial charge in [-0.1, -0.05) is 0 Å².